The van der Waals surface area contributed by atoms with Crippen molar-refractivity contribution in [3.63, 3.8) is 0 Å². The zero-order chi connectivity index (χ0) is 14.2. The molecule has 2 aromatic carbocycles. The first kappa shape index (κ1) is 14.9. The van der Waals surface area contributed by atoms with Gasteiger partial charge >= 0.3 is 0 Å². The van der Waals surface area contributed by atoms with E-state index in [9.17, 15) is 0 Å². The Morgan fingerprint density at radius 3 is 2.70 bits per heavy atom. The molecule has 2 rings (SSSR count). The molecule has 0 saturated carbocycles. The van der Waals surface area contributed by atoms with E-state index in [4.69, 9.17) is 16.3 Å². The summed E-state index contributed by atoms with van der Waals surface area (Å²) in [6, 6.07) is 16.1. The smallest absolute Gasteiger partial charge is 0.119 e. The predicted molar refractivity (Wildman–Crippen MR) is 84.2 cm³/mol. The minimum Gasteiger partial charge on any atom is -0.494 e. The van der Waals surface area contributed by atoms with Crippen LogP contribution in [0.5, 0.6) is 5.75 Å². The van der Waals surface area contributed by atoms with E-state index in [1.807, 2.05) is 36.4 Å². The van der Waals surface area contributed by atoms with Crippen LogP contribution in [-0.2, 0) is 13.1 Å². The third-order valence-corrected chi connectivity index (χ3v) is 3.34. The van der Waals surface area contributed by atoms with Gasteiger partial charge in [0.1, 0.15) is 5.75 Å². The number of benzene rings is 2. The fourth-order valence-corrected chi connectivity index (χ4v) is 2.15. The molecule has 0 aliphatic rings. The largest absolute Gasteiger partial charge is 0.494 e. The lowest BCUT2D eigenvalue weighted by Gasteiger charge is -2.09. The Hall–Kier alpha value is -1.51. The second-order valence-corrected chi connectivity index (χ2v) is 5.10. The predicted octanol–water partition coefficient (Wildman–Crippen LogP) is 4.42. The number of ether oxygens (including phenoxy) is 1. The van der Waals surface area contributed by atoms with E-state index in [0.29, 0.717) is 0 Å². The second kappa shape index (κ2) is 7.93. The summed E-state index contributed by atoms with van der Waals surface area (Å²) < 4.78 is 5.63. The van der Waals surface area contributed by atoms with E-state index in [1.54, 1.807) is 0 Å². The van der Waals surface area contributed by atoms with Crippen molar-refractivity contribution in [3.8, 4) is 5.75 Å². The highest BCUT2D eigenvalue weighted by Gasteiger charge is 2.00. The lowest BCUT2D eigenvalue weighted by Crippen LogP contribution is -2.13. The summed E-state index contributed by atoms with van der Waals surface area (Å²) >= 11 is 6.13. The Morgan fingerprint density at radius 1 is 1.05 bits per heavy atom. The molecular weight excluding hydrogens is 270 g/mol. The maximum Gasteiger partial charge on any atom is 0.119 e. The summed E-state index contributed by atoms with van der Waals surface area (Å²) in [7, 11) is 0. The lowest BCUT2D eigenvalue weighted by atomic mass is 10.2. The quantitative estimate of drug-likeness (QED) is 0.815. The molecule has 3 heteroatoms. The van der Waals surface area contributed by atoms with Crippen LogP contribution in [0.15, 0.2) is 48.5 Å². The van der Waals surface area contributed by atoms with Gasteiger partial charge in [-0.2, -0.15) is 0 Å². The first-order valence-corrected chi connectivity index (χ1v) is 7.33. The number of rotatable bonds is 7. The van der Waals surface area contributed by atoms with Gasteiger partial charge in [-0.1, -0.05) is 48.9 Å². The molecule has 0 heterocycles. The maximum absolute atomic E-state index is 6.13. The van der Waals surface area contributed by atoms with E-state index in [-0.39, 0.29) is 0 Å². The molecule has 0 spiro atoms. The van der Waals surface area contributed by atoms with Crippen LogP contribution in [0, 0.1) is 0 Å². The molecule has 0 fully saturated rings. The molecule has 20 heavy (non-hydrogen) atoms. The highest BCUT2D eigenvalue weighted by Crippen LogP contribution is 2.16. The Bertz CT molecular complexity index is 542. The fourth-order valence-electron chi connectivity index (χ4n) is 1.95. The van der Waals surface area contributed by atoms with E-state index < -0.39 is 0 Å². The SMILES string of the molecule is CCCOc1cccc(CNCc2ccccc2Cl)c1. The van der Waals surface area contributed by atoms with Crippen LogP contribution >= 0.6 is 11.6 Å². The van der Waals surface area contributed by atoms with Gasteiger partial charge < -0.3 is 10.1 Å². The molecule has 0 aliphatic carbocycles. The second-order valence-electron chi connectivity index (χ2n) is 4.69. The van der Waals surface area contributed by atoms with Crippen LogP contribution in [-0.4, -0.2) is 6.61 Å². The van der Waals surface area contributed by atoms with Gasteiger partial charge in [0.2, 0.25) is 0 Å². The summed E-state index contributed by atoms with van der Waals surface area (Å²) in [5, 5.41) is 4.21. The number of hydrogen-bond acceptors (Lipinski definition) is 2. The van der Waals surface area contributed by atoms with Crippen molar-refractivity contribution in [1.82, 2.24) is 5.32 Å². The van der Waals surface area contributed by atoms with Crippen molar-refractivity contribution in [3.05, 3.63) is 64.7 Å². The van der Waals surface area contributed by atoms with Gasteiger partial charge in [0.05, 0.1) is 6.61 Å². The van der Waals surface area contributed by atoms with Crippen LogP contribution in [0.2, 0.25) is 5.02 Å². The van der Waals surface area contributed by atoms with E-state index in [0.717, 1.165) is 42.5 Å². The van der Waals surface area contributed by atoms with Gasteiger partial charge in [-0.05, 0) is 35.7 Å². The average molecular weight is 290 g/mol. The van der Waals surface area contributed by atoms with Crippen LogP contribution in [0.3, 0.4) is 0 Å². The molecule has 0 aromatic heterocycles. The monoisotopic (exact) mass is 289 g/mol. The molecule has 0 amide bonds. The molecular formula is C17H20ClNO. The standard InChI is InChI=1S/C17H20ClNO/c1-2-10-20-16-8-5-6-14(11-16)12-19-13-15-7-3-4-9-17(15)18/h3-9,11,19H,2,10,12-13H2,1H3. The zero-order valence-electron chi connectivity index (χ0n) is 11.7. The van der Waals surface area contributed by atoms with Crippen LogP contribution < -0.4 is 10.1 Å². The van der Waals surface area contributed by atoms with Crippen molar-refractivity contribution in [2.75, 3.05) is 6.61 Å². The van der Waals surface area contributed by atoms with Gasteiger partial charge in [0.25, 0.3) is 0 Å². The Labute approximate surface area is 125 Å². The van der Waals surface area contributed by atoms with Gasteiger partial charge in [0, 0.05) is 18.1 Å². The minimum atomic E-state index is 0.760. The van der Waals surface area contributed by atoms with Gasteiger partial charge in [-0.25, -0.2) is 0 Å². The van der Waals surface area contributed by atoms with Gasteiger partial charge in [-0.15, -0.1) is 0 Å². The topological polar surface area (TPSA) is 21.3 Å². The molecule has 0 saturated heterocycles. The fraction of sp³-hybridized carbons (Fsp3) is 0.294. The average Bonchev–Trinajstić information content (AvgIpc) is 2.48. The van der Waals surface area contributed by atoms with Crippen molar-refractivity contribution < 1.29 is 4.74 Å². The first-order valence-electron chi connectivity index (χ1n) is 6.95. The van der Waals surface area contributed by atoms with Crippen LogP contribution in [0.25, 0.3) is 0 Å². The summed E-state index contributed by atoms with van der Waals surface area (Å²) in [6.07, 6.45) is 1.02. The molecule has 0 aliphatic heterocycles. The number of hydrogen-bond donors (Lipinski definition) is 1. The molecule has 0 bridgehead atoms. The lowest BCUT2D eigenvalue weighted by molar-refractivity contribution is 0.317. The third-order valence-electron chi connectivity index (χ3n) is 2.97. The third kappa shape index (κ3) is 4.55. The summed E-state index contributed by atoms with van der Waals surface area (Å²) in [6.45, 7) is 4.43. The maximum atomic E-state index is 6.13. The summed E-state index contributed by atoms with van der Waals surface area (Å²) in [4.78, 5) is 0. The van der Waals surface area contributed by atoms with Crippen molar-refractivity contribution in [1.29, 1.82) is 0 Å². The van der Waals surface area contributed by atoms with Crippen molar-refractivity contribution in [2.24, 2.45) is 0 Å². The molecule has 0 unspecified atom stereocenters. The normalized spacial score (nSPS) is 10.5. The Balaban J connectivity index is 1.86. The van der Waals surface area contributed by atoms with Crippen molar-refractivity contribution >= 4 is 11.6 Å². The minimum absolute atomic E-state index is 0.760. The highest BCUT2D eigenvalue weighted by atomic mass is 35.5. The molecule has 0 radical (unpaired) electrons. The molecule has 2 aromatic rings. The van der Waals surface area contributed by atoms with Crippen molar-refractivity contribution in [2.45, 2.75) is 26.4 Å². The van der Waals surface area contributed by atoms with Gasteiger partial charge in [-0.3, -0.25) is 0 Å². The van der Waals surface area contributed by atoms with Crippen LogP contribution in [0.1, 0.15) is 24.5 Å². The van der Waals surface area contributed by atoms with Gasteiger partial charge in [0.15, 0.2) is 0 Å². The first-order chi connectivity index (χ1) is 9.79. The summed E-state index contributed by atoms with van der Waals surface area (Å²) in [5.41, 5.74) is 2.33. The van der Waals surface area contributed by atoms with E-state index >= 15 is 0 Å². The molecule has 1 N–H and O–H groups in total. The van der Waals surface area contributed by atoms with Crippen LogP contribution in [0.4, 0.5) is 0 Å². The number of halogens is 1. The molecule has 2 nitrogen and oxygen atoms in total. The molecule has 0 atom stereocenters. The van der Waals surface area contributed by atoms with E-state index in [2.05, 4.69) is 24.4 Å². The van der Waals surface area contributed by atoms with E-state index in [1.165, 1.54) is 5.56 Å². The summed E-state index contributed by atoms with van der Waals surface area (Å²) in [5.74, 6) is 0.934. The molecule has 106 valence electrons. The Kier molecular flexibility index (Phi) is 5.90. The Morgan fingerprint density at radius 2 is 1.90 bits per heavy atom. The zero-order valence-corrected chi connectivity index (χ0v) is 12.5. The number of nitrogens with one attached hydrogen (secondary N) is 1. The highest BCUT2D eigenvalue weighted by molar-refractivity contribution is 6.31.